The molecular weight excluding hydrogens is 318 g/mol. The number of hydrogen-bond acceptors (Lipinski definition) is 5. The normalized spacial score (nSPS) is 24.0. The van der Waals surface area contributed by atoms with E-state index in [1.165, 1.54) is 27.4 Å². The molecule has 4 rings (SSSR count). The van der Waals surface area contributed by atoms with Gasteiger partial charge in [-0.15, -0.1) is 11.3 Å². The molecule has 4 nitrogen and oxygen atoms in total. The van der Waals surface area contributed by atoms with Gasteiger partial charge < -0.3 is 14.6 Å². The number of nitrogens with zero attached hydrogens (tertiary/aromatic N) is 2. The van der Waals surface area contributed by atoms with Crippen LogP contribution < -0.4 is 10.2 Å². The average molecular weight is 336 g/mol. The first kappa shape index (κ1) is 14.3. The molecule has 2 atom stereocenters. The number of rotatable bonds is 3. The largest absolute Gasteiger partial charge is 0.467 e. The van der Waals surface area contributed by atoms with Crippen LogP contribution in [0.1, 0.15) is 33.4 Å². The molecule has 2 aliphatic rings. The van der Waals surface area contributed by atoms with E-state index in [-0.39, 0.29) is 5.62 Å². The van der Waals surface area contributed by atoms with E-state index >= 15 is 0 Å². The number of nitrogens with one attached hydrogen (secondary N) is 1. The van der Waals surface area contributed by atoms with Gasteiger partial charge in [0.2, 0.25) is 0 Å². The van der Waals surface area contributed by atoms with Crippen LogP contribution in [0.3, 0.4) is 0 Å². The van der Waals surface area contributed by atoms with Crippen LogP contribution in [0.5, 0.6) is 0 Å². The molecule has 1 N–H and O–H groups in total. The van der Waals surface area contributed by atoms with Gasteiger partial charge >= 0.3 is 0 Å². The summed E-state index contributed by atoms with van der Waals surface area (Å²) in [4.78, 5) is 9.25. The SMILES string of the molecule is Cc1c(C2CCNC2)sc2c1N(Cc1ccco1)C(Cl)N=C2. The second kappa shape index (κ2) is 5.72. The number of aliphatic imine (C=N–C) groups is 1. The molecule has 1 saturated heterocycles. The Kier molecular flexibility index (Phi) is 3.72. The van der Waals surface area contributed by atoms with Gasteiger partial charge in [-0.25, -0.2) is 0 Å². The lowest BCUT2D eigenvalue weighted by Crippen LogP contribution is -2.32. The Morgan fingerprint density at radius 3 is 3.18 bits per heavy atom. The van der Waals surface area contributed by atoms with E-state index in [1.807, 2.05) is 29.7 Å². The van der Waals surface area contributed by atoms with Crippen molar-refractivity contribution in [2.75, 3.05) is 18.0 Å². The number of anilines is 1. The summed E-state index contributed by atoms with van der Waals surface area (Å²) < 4.78 is 5.49. The summed E-state index contributed by atoms with van der Waals surface area (Å²) in [6.07, 6.45) is 4.83. The van der Waals surface area contributed by atoms with Gasteiger partial charge in [0.05, 0.1) is 23.4 Å². The predicted molar refractivity (Wildman–Crippen MR) is 91.4 cm³/mol. The number of alkyl halides is 1. The molecule has 1 fully saturated rings. The van der Waals surface area contributed by atoms with Crippen LogP contribution in [-0.4, -0.2) is 24.9 Å². The van der Waals surface area contributed by atoms with Crippen molar-refractivity contribution in [3.05, 3.63) is 39.5 Å². The van der Waals surface area contributed by atoms with Gasteiger partial charge in [-0.3, -0.25) is 4.99 Å². The van der Waals surface area contributed by atoms with Gasteiger partial charge in [-0.2, -0.15) is 0 Å². The average Bonchev–Trinajstić information content (AvgIpc) is 3.23. The molecule has 2 aromatic heterocycles. The molecule has 0 aromatic carbocycles. The van der Waals surface area contributed by atoms with Crippen molar-refractivity contribution in [3.63, 3.8) is 0 Å². The minimum absolute atomic E-state index is 0.375. The topological polar surface area (TPSA) is 40.8 Å². The third kappa shape index (κ3) is 2.37. The monoisotopic (exact) mass is 335 g/mol. The molecule has 4 heterocycles. The van der Waals surface area contributed by atoms with Crippen LogP contribution in [0.15, 0.2) is 27.8 Å². The molecule has 0 saturated carbocycles. The Labute approximate surface area is 138 Å². The molecule has 2 aromatic rings. The van der Waals surface area contributed by atoms with E-state index in [4.69, 9.17) is 16.0 Å². The fourth-order valence-corrected chi connectivity index (χ4v) is 4.86. The van der Waals surface area contributed by atoms with Crippen molar-refractivity contribution < 1.29 is 4.42 Å². The van der Waals surface area contributed by atoms with Crippen LogP contribution in [0, 0.1) is 6.92 Å². The molecule has 6 heteroatoms. The molecule has 0 radical (unpaired) electrons. The van der Waals surface area contributed by atoms with Crippen LogP contribution in [0.25, 0.3) is 0 Å². The fraction of sp³-hybridized carbons (Fsp3) is 0.438. The van der Waals surface area contributed by atoms with E-state index in [0.29, 0.717) is 12.5 Å². The van der Waals surface area contributed by atoms with E-state index in [1.54, 1.807) is 6.26 Å². The summed E-state index contributed by atoms with van der Waals surface area (Å²) >= 11 is 8.30. The Morgan fingerprint density at radius 2 is 2.45 bits per heavy atom. The molecule has 116 valence electrons. The highest BCUT2D eigenvalue weighted by atomic mass is 35.5. The van der Waals surface area contributed by atoms with E-state index in [9.17, 15) is 0 Å². The summed E-state index contributed by atoms with van der Waals surface area (Å²) in [6, 6.07) is 3.88. The van der Waals surface area contributed by atoms with E-state index < -0.39 is 0 Å². The summed E-state index contributed by atoms with van der Waals surface area (Å²) in [5, 5.41) is 3.45. The molecule has 2 unspecified atom stereocenters. The fourth-order valence-electron chi connectivity index (χ4n) is 3.30. The molecule has 0 aliphatic carbocycles. The zero-order chi connectivity index (χ0) is 15.1. The molecule has 0 spiro atoms. The Hall–Kier alpha value is -1.30. The number of furan rings is 1. The first-order chi connectivity index (χ1) is 10.7. The van der Waals surface area contributed by atoms with Crippen molar-refractivity contribution >= 4 is 34.8 Å². The Morgan fingerprint density at radius 1 is 1.55 bits per heavy atom. The number of halogens is 1. The Balaban J connectivity index is 1.72. The lowest BCUT2D eigenvalue weighted by atomic mass is 10.0. The number of thiophene rings is 1. The van der Waals surface area contributed by atoms with Gasteiger partial charge in [-0.05, 0) is 37.6 Å². The highest BCUT2D eigenvalue weighted by molar-refractivity contribution is 7.14. The summed E-state index contributed by atoms with van der Waals surface area (Å²) in [6.45, 7) is 5.03. The quantitative estimate of drug-likeness (QED) is 0.687. The van der Waals surface area contributed by atoms with Gasteiger partial charge in [0.25, 0.3) is 0 Å². The van der Waals surface area contributed by atoms with E-state index in [2.05, 4.69) is 22.1 Å². The molecular formula is C16H18ClN3OS. The third-order valence-corrected chi connectivity index (χ3v) is 6.10. The third-order valence-electron chi connectivity index (χ3n) is 4.37. The van der Waals surface area contributed by atoms with Crippen LogP contribution in [0.4, 0.5) is 5.69 Å². The molecule has 0 bridgehead atoms. The van der Waals surface area contributed by atoms with E-state index in [0.717, 1.165) is 18.8 Å². The maximum atomic E-state index is 6.45. The van der Waals surface area contributed by atoms with Crippen molar-refractivity contribution in [1.82, 2.24) is 5.32 Å². The summed E-state index contributed by atoms with van der Waals surface area (Å²) in [5.74, 6) is 1.52. The maximum Gasteiger partial charge on any atom is 0.198 e. The number of fused-ring (bicyclic) bond motifs is 1. The lowest BCUT2D eigenvalue weighted by molar-refractivity contribution is 0.499. The van der Waals surface area contributed by atoms with Crippen LogP contribution in [0.2, 0.25) is 0 Å². The van der Waals surface area contributed by atoms with Crippen molar-refractivity contribution in [1.29, 1.82) is 0 Å². The van der Waals surface area contributed by atoms with Crippen molar-refractivity contribution in [3.8, 4) is 0 Å². The predicted octanol–water partition coefficient (Wildman–Crippen LogP) is 3.69. The molecule has 22 heavy (non-hydrogen) atoms. The minimum atomic E-state index is -0.375. The van der Waals surface area contributed by atoms with Gasteiger partial charge in [0.15, 0.2) is 5.62 Å². The lowest BCUT2D eigenvalue weighted by Gasteiger charge is -2.29. The summed E-state index contributed by atoms with van der Waals surface area (Å²) in [7, 11) is 0. The summed E-state index contributed by atoms with van der Waals surface area (Å²) in [5.41, 5.74) is 2.19. The van der Waals surface area contributed by atoms with Gasteiger partial charge in [0.1, 0.15) is 5.76 Å². The standard InChI is InChI=1S/C16H18ClN3OS/c1-10-14-13(22-15(10)11-4-5-18-7-11)8-19-16(17)20(14)9-12-3-2-6-21-12/h2-3,6,8,11,16,18H,4-5,7,9H2,1H3. The smallest absolute Gasteiger partial charge is 0.198 e. The highest BCUT2D eigenvalue weighted by Gasteiger charge is 2.31. The van der Waals surface area contributed by atoms with Crippen LogP contribution in [-0.2, 0) is 6.54 Å². The number of hydrogen-bond donors (Lipinski definition) is 1. The maximum absolute atomic E-state index is 6.45. The van der Waals surface area contributed by atoms with Crippen molar-refractivity contribution in [2.45, 2.75) is 31.4 Å². The molecule has 2 aliphatic heterocycles. The van der Waals surface area contributed by atoms with Gasteiger partial charge in [-0.1, -0.05) is 11.6 Å². The molecule has 0 amide bonds. The van der Waals surface area contributed by atoms with Crippen LogP contribution >= 0.6 is 22.9 Å². The zero-order valence-electron chi connectivity index (χ0n) is 12.4. The Bertz CT molecular complexity index is 689. The zero-order valence-corrected chi connectivity index (χ0v) is 14.0. The highest BCUT2D eigenvalue weighted by Crippen LogP contribution is 2.43. The minimum Gasteiger partial charge on any atom is -0.467 e. The second-order valence-corrected chi connectivity index (χ2v) is 7.26. The van der Waals surface area contributed by atoms with Crippen molar-refractivity contribution in [2.24, 2.45) is 4.99 Å². The second-order valence-electron chi connectivity index (χ2n) is 5.79. The first-order valence-electron chi connectivity index (χ1n) is 7.54. The van der Waals surface area contributed by atoms with Gasteiger partial charge in [0, 0.05) is 23.6 Å². The first-order valence-corrected chi connectivity index (χ1v) is 8.79.